The maximum atomic E-state index is 13.5. The molecule has 1 amide bonds. The molecule has 2 aliphatic rings. The van der Waals surface area contributed by atoms with Crippen LogP contribution in [0.2, 0.25) is 0 Å². The topological polar surface area (TPSA) is 146 Å². The van der Waals surface area contributed by atoms with E-state index in [0.717, 1.165) is 4.57 Å². The number of piperidine rings is 1. The van der Waals surface area contributed by atoms with E-state index in [9.17, 15) is 23.2 Å². The van der Waals surface area contributed by atoms with Gasteiger partial charge in [-0.05, 0) is 18.9 Å². The Bertz CT molecular complexity index is 1710. The van der Waals surface area contributed by atoms with Gasteiger partial charge in [0.2, 0.25) is 5.95 Å². The van der Waals surface area contributed by atoms with E-state index in [2.05, 4.69) is 30.2 Å². The molecule has 202 valence electrons. The van der Waals surface area contributed by atoms with Crippen molar-refractivity contribution < 1.29 is 13.6 Å². The van der Waals surface area contributed by atoms with Crippen LogP contribution in [-0.2, 0) is 24.4 Å². The van der Waals surface area contributed by atoms with Crippen LogP contribution in [0.4, 0.5) is 20.5 Å². The molecule has 1 saturated heterocycles. The number of halogens is 2. The van der Waals surface area contributed by atoms with Gasteiger partial charge in [0.25, 0.3) is 17.4 Å². The molecular weight excluding hydrogens is 514 g/mol. The van der Waals surface area contributed by atoms with Gasteiger partial charge in [-0.15, -0.1) is 0 Å². The summed E-state index contributed by atoms with van der Waals surface area (Å²) in [7, 11) is 2.90. The summed E-state index contributed by atoms with van der Waals surface area (Å²) in [6.07, 6.45) is 6.38. The van der Waals surface area contributed by atoms with Crippen LogP contribution < -0.4 is 21.5 Å². The molecular formula is C24H24F2N10O3. The van der Waals surface area contributed by atoms with Crippen molar-refractivity contribution in [2.75, 3.05) is 23.3 Å². The number of anilines is 2. The zero-order valence-electron chi connectivity index (χ0n) is 21.1. The van der Waals surface area contributed by atoms with E-state index in [4.69, 9.17) is 0 Å². The first-order chi connectivity index (χ1) is 18.6. The Morgan fingerprint density at radius 3 is 2.33 bits per heavy atom. The molecule has 13 nitrogen and oxygen atoms in total. The van der Waals surface area contributed by atoms with Gasteiger partial charge in [-0.2, -0.15) is 0 Å². The minimum atomic E-state index is -2.66. The Kier molecular flexibility index (Phi) is 5.55. The van der Waals surface area contributed by atoms with Crippen molar-refractivity contribution in [3.8, 4) is 11.4 Å². The van der Waals surface area contributed by atoms with Crippen molar-refractivity contribution >= 4 is 28.8 Å². The number of imidazole rings is 1. The van der Waals surface area contributed by atoms with E-state index in [0.29, 0.717) is 24.4 Å². The summed E-state index contributed by atoms with van der Waals surface area (Å²) in [4.78, 5) is 61.7. The Labute approximate surface area is 219 Å². The van der Waals surface area contributed by atoms with Crippen LogP contribution in [0.5, 0.6) is 0 Å². The van der Waals surface area contributed by atoms with Gasteiger partial charge >= 0.3 is 5.69 Å². The van der Waals surface area contributed by atoms with Gasteiger partial charge in [-0.1, -0.05) is 0 Å². The molecule has 0 bridgehead atoms. The number of amides is 1. The average Bonchev–Trinajstić information content (AvgIpc) is 3.62. The third-order valence-electron chi connectivity index (χ3n) is 7.33. The minimum absolute atomic E-state index is 0.167. The first-order valence-corrected chi connectivity index (χ1v) is 12.3. The summed E-state index contributed by atoms with van der Waals surface area (Å²) in [6, 6.07) is 1.54. The molecule has 1 aliphatic carbocycles. The van der Waals surface area contributed by atoms with Crippen molar-refractivity contribution in [2.24, 2.45) is 14.1 Å². The zero-order valence-corrected chi connectivity index (χ0v) is 21.1. The van der Waals surface area contributed by atoms with E-state index in [-0.39, 0.29) is 54.6 Å². The molecule has 4 aromatic rings. The fraction of sp³-hybridized carbons (Fsp3) is 0.417. The lowest BCUT2D eigenvalue weighted by molar-refractivity contribution is -0.120. The molecule has 0 unspecified atom stereocenters. The predicted molar refractivity (Wildman–Crippen MR) is 136 cm³/mol. The number of aromatic nitrogens is 8. The second-order valence-corrected chi connectivity index (χ2v) is 9.86. The number of nitrogens with zero attached hydrogens (tertiary/aromatic N) is 9. The molecule has 1 aliphatic heterocycles. The van der Waals surface area contributed by atoms with Crippen LogP contribution in [0.25, 0.3) is 22.6 Å². The number of hydrogen-bond donors (Lipinski definition) is 1. The third-order valence-corrected chi connectivity index (χ3v) is 7.33. The van der Waals surface area contributed by atoms with Crippen LogP contribution >= 0.6 is 0 Å². The number of hydrogen-bond acceptors (Lipinski definition) is 9. The van der Waals surface area contributed by atoms with Crippen molar-refractivity contribution in [3.05, 3.63) is 51.8 Å². The normalized spacial score (nSPS) is 17.8. The average molecular weight is 539 g/mol. The standard InChI is InChI=1S/C24H24F2N10O3/c1-33-18-16(19(37)34(2)22(33)39)36(13-30-18)23(4-5-23)20(38)32-15-3-8-27-17(31-15)14-11-28-21(29-12-14)35-9-6-24(25,26)7-10-35/h3,8,11-13H,4-7,9-10H2,1-2H3,(H,27,31,32,38). The highest BCUT2D eigenvalue weighted by molar-refractivity contribution is 5.99. The Hall–Kier alpha value is -4.56. The molecule has 6 rings (SSSR count). The monoisotopic (exact) mass is 538 g/mol. The van der Waals surface area contributed by atoms with Crippen molar-refractivity contribution in [3.63, 3.8) is 0 Å². The molecule has 4 aromatic heterocycles. The predicted octanol–water partition coefficient (Wildman–Crippen LogP) is 1.04. The highest BCUT2D eigenvalue weighted by atomic mass is 19.3. The van der Waals surface area contributed by atoms with E-state index in [1.54, 1.807) is 4.90 Å². The number of fused-ring (bicyclic) bond motifs is 1. The van der Waals surface area contributed by atoms with Crippen molar-refractivity contribution in [1.29, 1.82) is 0 Å². The third kappa shape index (κ3) is 4.13. The molecule has 0 radical (unpaired) electrons. The Morgan fingerprint density at radius 2 is 1.67 bits per heavy atom. The van der Waals surface area contributed by atoms with Crippen molar-refractivity contribution in [2.45, 2.75) is 37.1 Å². The Balaban J connectivity index is 1.23. The van der Waals surface area contributed by atoms with Crippen LogP contribution in [0.3, 0.4) is 0 Å². The van der Waals surface area contributed by atoms with Gasteiger partial charge in [-0.3, -0.25) is 18.7 Å². The molecule has 5 heterocycles. The molecule has 15 heteroatoms. The fourth-order valence-electron chi connectivity index (χ4n) is 4.80. The molecule has 2 fully saturated rings. The van der Waals surface area contributed by atoms with Gasteiger partial charge < -0.3 is 14.8 Å². The van der Waals surface area contributed by atoms with Crippen LogP contribution in [0, 0.1) is 0 Å². The SMILES string of the molecule is Cn1c(=O)c2c(ncn2C2(C(=O)Nc3ccnc(-c4cnc(N5CCC(F)(F)CC5)nc4)n3)CC2)n(C)c1=O. The molecule has 0 aromatic carbocycles. The van der Waals surface area contributed by atoms with E-state index < -0.39 is 22.7 Å². The fourth-order valence-corrected chi connectivity index (χ4v) is 4.80. The highest BCUT2D eigenvalue weighted by Crippen LogP contribution is 2.45. The lowest BCUT2D eigenvalue weighted by atomic mass is 10.1. The van der Waals surface area contributed by atoms with Crippen LogP contribution in [0.15, 0.2) is 40.6 Å². The maximum absolute atomic E-state index is 13.5. The zero-order chi connectivity index (χ0) is 27.5. The summed E-state index contributed by atoms with van der Waals surface area (Å²) >= 11 is 0. The Morgan fingerprint density at radius 1 is 0.974 bits per heavy atom. The van der Waals surface area contributed by atoms with Crippen LogP contribution in [-0.4, -0.2) is 63.5 Å². The second-order valence-electron chi connectivity index (χ2n) is 9.86. The second kappa shape index (κ2) is 8.74. The maximum Gasteiger partial charge on any atom is 0.332 e. The number of nitrogens with one attached hydrogen (secondary N) is 1. The number of carbonyl (C=O) groups excluding carboxylic acids is 1. The van der Waals surface area contributed by atoms with Gasteiger partial charge in [0, 0.05) is 58.6 Å². The summed E-state index contributed by atoms with van der Waals surface area (Å²) in [5.74, 6) is -2.18. The number of carbonyl (C=O) groups is 1. The largest absolute Gasteiger partial charge is 0.340 e. The quantitative estimate of drug-likeness (QED) is 0.394. The smallest absolute Gasteiger partial charge is 0.332 e. The molecule has 1 saturated carbocycles. The van der Waals surface area contributed by atoms with Gasteiger partial charge in [0.15, 0.2) is 17.0 Å². The highest BCUT2D eigenvalue weighted by Gasteiger charge is 2.53. The lowest BCUT2D eigenvalue weighted by Crippen LogP contribution is -2.40. The summed E-state index contributed by atoms with van der Waals surface area (Å²) in [5.41, 5.74) is -1.22. The van der Waals surface area contributed by atoms with Crippen LogP contribution in [0.1, 0.15) is 25.7 Å². The molecule has 1 N–H and O–H groups in total. The first-order valence-electron chi connectivity index (χ1n) is 12.3. The van der Waals surface area contributed by atoms with E-state index in [1.165, 1.54) is 54.2 Å². The molecule has 0 atom stereocenters. The first kappa shape index (κ1) is 24.8. The van der Waals surface area contributed by atoms with E-state index in [1.807, 2.05) is 0 Å². The van der Waals surface area contributed by atoms with Gasteiger partial charge in [0.1, 0.15) is 11.4 Å². The summed E-state index contributed by atoms with van der Waals surface area (Å²) in [6.45, 7) is 0.335. The number of alkyl halides is 2. The van der Waals surface area contributed by atoms with Gasteiger partial charge in [-0.25, -0.2) is 38.5 Å². The molecule has 39 heavy (non-hydrogen) atoms. The number of rotatable bonds is 5. The minimum Gasteiger partial charge on any atom is -0.340 e. The summed E-state index contributed by atoms with van der Waals surface area (Å²) in [5, 5.41) is 2.80. The van der Waals surface area contributed by atoms with Crippen molar-refractivity contribution in [1.82, 2.24) is 38.6 Å². The molecule has 0 spiro atoms. The lowest BCUT2D eigenvalue weighted by Gasteiger charge is -2.31. The summed E-state index contributed by atoms with van der Waals surface area (Å²) < 4.78 is 30.7. The number of aryl methyl sites for hydroxylation is 1. The van der Waals surface area contributed by atoms with Gasteiger partial charge in [0.05, 0.1) is 11.9 Å². The van der Waals surface area contributed by atoms with E-state index >= 15 is 0 Å².